The topological polar surface area (TPSA) is 38.1 Å². The van der Waals surface area contributed by atoms with Crippen LogP contribution in [0.4, 0.5) is 0 Å². The maximum absolute atomic E-state index is 5.82. The molecule has 2 unspecified atom stereocenters. The van der Waals surface area contributed by atoms with Crippen LogP contribution in [0.1, 0.15) is 36.5 Å². The fourth-order valence-corrected chi connectivity index (χ4v) is 2.60. The van der Waals surface area contributed by atoms with Gasteiger partial charge in [-0.3, -0.25) is 0 Å². The lowest BCUT2D eigenvalue weighted by Gasteiger charge is -1.99. The first-order valence-electron chi connectivity index (χ1n) is 5.99. The van der Waals surface area contributed by atoms with Crippen molar-refractivity contribution >= 4 is 11.3 Å². The number of rotatable bonds is 5. The summed E-state index contributed by atoms with van der Waals surface area (Å²) >= 11 is 1.63. The van der Waals surface area contributed by atoms with Crippen LogP contribution < -0.4 is 5.32 Å². The first-order valence-corrected chi connectivity index (χ1v) is 6.93. The third kappa shape index (κ3) is 2.58. The van der Waals surface area contributed by atoms with Crippen LogP contribution >= 0.6 is 11.3 Å². The van der Waals surface area contributed by atoms with Crippen LogP contribution in [0.2, 0.25) is 0 Å². The Kier molecular flexibility index (Phi) is 2.99. The summed E-state index contributed by atoms with van der Waals surface area (Å²) in [6.07, 6.45) is 1.28. The van der Waals surface area contributed by atoms with Gasteiger partial charge in [-0.1, -0.05) is 6.92 Å². The van der Waals surface area contributed by atoms with E-state index in [0.29, 0.717) is 5.92 Å². The molecule has 17 heavy (non-hydrogen) atoms. The minimum absolute atomic E-state index is 0.669. The van der Waals surface area contributed by atoms with Gasteiger partial charge in [-0.25, -0.2) is 4.98 Å². The van der Waals surface area contributed by atoms with Crippen LogP contribution in [0, 0.1) is 5.92 Å². The van der Waals surface area contributed by atoms with Crippen LogP contribution in [-0.2, 0) is 13.1 Å². The summed E-state index contributed by atoms with van der Waals surface area (Å²) in [5.41, 5.74) is 2.95. The van der Waals surface area contributed by atoms with Crippen molar-refractivity contribution in [3.05, 3.63) is 40.2 Å². The molecule has 0 amide bonds. The molecule has 1 fully saturated rings. The summed E-state index contributed by atoms with van der Waals surface area (Å²) in [5, 5.41) is 5.40. The Morgan fingerprint density at radius 1 is 1.47 bits per heavy atom. The molecular weight excluding hydrogens is 232 g/mol. The Morgan fingerprint density at radius 3 is 3.06 bits per heavy atom. The highest BCUT2D eigenvalue weighted by atomic mass is 32.1. The molecule has 1 aliphatic carbocycles. The lowest BCUT2D eigenvalue weighted by molar-refractivity contribution is 0.443. The normalized spacial score (nSPS) is 22.9. The van der Waals surface area contributed by atoms with Crippen molar-refractivity contribution in [2.75, 3.05) is 0 Å². The van der Waals surface area contributed by atoms with Gasteiger partial charge in [0.05, 0.1) is 17.7 Å². The molecule has 0 spiro atoms. The van der Waals surface area contributed by atoms with Crippen LogP contribution in [0.3, 0.4) is 0 Å². The Bertz CT molecular complexity index is 477. The summed E-state index contributed by atoms with van der Waals surface area (Å²) in [7, 11) is 0. The highest BCUT2D eigenvalue weighted by Crippen LogP contribution is 2.47. The van der Waals surface area contributed by atoms with Gasteiger partial charge < -0.3 is 9.73 Å². The quantitative estimate of drug-likeness (QED) is 0.883. The predicted molar refractivity (Wildman–Crippen MR) is 67.9 cm³/mol. The molecule has 1 N–H and O–H groups in total. The Labute approximate surface area is 105 Å². The number of hydrogen-bond acceptors (Lipinski definition) is 4. The summed E-state index contributed by atoms with van der Waals surface area (Å²) in [6.45, 7) is 3.85. The van der Waals surface area contributed by atoms with Gasteiger partial charge in [0.1, 0.15) is 11.5 Å². The largest absolute Gasteiger partial charge is 0.464 e. The van der Waals surface area contributed by atoms with Crippen LogP contribution in [0.25, 0.3) is 0 Å². The monoisotopic (exact) mass is 248 g/mol. The van der Waals surface area contributed by atoms with Gasteiger partial charge in [0.25, 0.3) is 0 Å². The molecule has 0 radical (unpaired) electrons. The van der Waals surface area contributed by atoms with E-state index in [0.717, 1.165) is 36.2 Å². The smallest absolute Gasteiger partial charge is 0.117 e. The Balaban J connectivity index is 1.50. The van der Waals surface area contributed by atoms with Crippen molar-refractivity contribution in [1.29, 1.82) is 0 Å². The first-order chi connectivity index (χ1) is 8.33. The van der Waals surface area contributed by atoms with Gasteiger partial charge in [-0.05, 0) is 24.5 Å². The standard InChI is InChI=1S/C13H16N2OS/c1-9-4-12(9)13-3-2-11(16-13)6-14-5-10-7-17-8-15-10/h2-3,7-9,12,14H,4-6H2,1H3. The zero-order valence-corrected chi connectivity index (χ0v) is 10.7. The number of thiazole rings is 1. The van der Waals surface area contributed by atoms with E-state index in [-0.39, 0.29) is 0 Å². The summed E-state index contributed by atoms with van der Waals surface area (Å²) in [5.74, 6) is 3.65. The third-order valence-corrected chi connectivity index (χ3v) is 3.88. The van der Waals surface area contributed by atoms with E-state index in [2.05, 4.69) is 34.7 Å². The van der Waals surface area contributed by atoms with Gasteiger partial charge in [-0.2, -0.15) is 0 Å². The molecule has 1 aliphatic rings. The second-order valence-electron chi connectivity index (χ2n) is 4.71. The predicted octanol–water partition coefficient (Wildman–Crippen LogP) is 3.15. The average Bonchev–Trinajstić information content (AvgIpc) is 2.76. The van der Waals surface area contributed by atoms with E-state index < -0.39 is 0 Å². The maximum atomic E-state index is 5.82. The minimum Gasteiger partial charge on any atom is -0.464 e. The molecule has 90 valence electrons. The van der Waals surface area contributed by atoms with Crippen molar-refractivity contribution in [1.82, 2.24) is 10.3 Å². The summed E-state index contributed by atoms with van der Waals surface area (Å²) < 4.78 is 5.82. The second-order valence-corrected chi connectivity index (χ2v) is 5.43. The van der Waals surface area contributed by atoms with Gasteiger partial charge in [0.15, 0.2) is 0 Å². The molecule has 0 aromatic carbocycles. The third-order valence-electron chi connectivity index (χ3n) is 3.25. The van der Waals surface area contributed by atoms with E-state index in [9.17, 15) is 0 Å². The molecular formula is C13H16N2OS. The molecule has 1 saturated carbocycles. The number of furan rings is 1. The number of nitrogens with one attached hydrogen (secondary N) is 1. The van der Waals surface area contributed by atoms with E-state index >= 15 is 0 Å². The molecule has 0 aliphatic heterocycles. The summed E-state index contributed by atoms with van der Waals surface area (Å²) in [6, 6.07) is 4.20. The Hall–Kier alpha value is -1.13. The van der Waals surface area contributed by atoms with Crippen LogP contribution in [0.5, 0.6) is 0 Å². The fourth-order valence-electron chi connectivity index (χ4n) is 2.05. The molecule has 2 heterocycles. The molecule has 0 bridgehead atoms. The van der Waals surface area contributed by atoms with Gasteiger partial charge in [-0.15, -0.1) is 11.3 Å². The second kappa shape index (κ2) is 4.63. The molecule has 3 nitrogen and oxygen atoms in total. The lowest BCUT2D eigenvalue weighted by atomic mass is 10.3. The zero-order chi connectivity index (χ0) is 11.7. The van der Waals surface area contributed by atoms with Gasteiger partial charge in [0.2, 0.25) is 0 Å². The number of nitrogens with zero attached hydrogens (tertiary/aromatic N) is 1. The average molecular weight is 248 g/mol. The molecule has 4 heteroatoms. The fraction of sp³-hybridized carbons (Fsp3) is 0.462. The van der Waals surface area contributed by atoms with Crippen molar-refractivity contribution in [3.8, 4) is 0 Å². The number of hydrogen-bond donors (Lipinski definition) is 1. The Morgan fingerprint density at radius 2 is 2.35 bits per heavy atom. The minimum atomic E-state index is 0.669. The first kappa shape index (κ1) is 11.0. The van der Waals surface area contributed by atoms with E-state index in [1.807, 2.05) is 5.51 Å². The highest BCUT2D eigenvalue weighted by molar-refractivity contribution is 7.07. The molecule has 2 atom stereocenters. The highest BCUT2D eigenvalue weighted by Gasteiger charge is 2.36. The van der Waals surface area contributed by atoms with Crippen molar-refractivity contribution in [2.45, 2.75) is 32.4 Å². The van der Waals surface area contributed by atoms with Crippen molar-refractivity contribution < 1.29 is 4.42 Å². The van der Waals surface area contributed by atoms with E-state index in [1.165, 1.54) is 6.42 Å². The van der Waals surface area contributed by atoms with Crippen LogP contribution in [0.15, 0.2) is 27.4 Å². The lowest BCUT2D eigenvalue weighted by Crippen LogP contribution is -2.12. The SMILES string of the molecule is CC1CC1c1ccc(CNCc2cscn2)o1. The van der Waals surface area contributed by atoms with Crippen LogP contribution in [-0.4, -0.2) is 4.98 Å². The maximum Gasteiger partial charge on any atom is 0.117 e. The van der Waals surface area contributed by atoms with Crippen molar-refractivity contribution in [2.24, 2.45) is 5.92 Å². The van der Waals surface area contributed by atoms with Gasteiger partial charge >= 0.3 is 0 Å². The summed E-state index contributed by atoms with van der Waals surface area (Å²) in [4.78, 5) is 4.23. The van der Waals surface area contributed by atoms with E-state index in [4.69, 9.17) is 4.42 Å². The molecule has 2 aromatic heterocycles. The zero-order valence-electron chi connectivity index (χ0n) is 9.85. The molecule has 2 aromatic rings. The number of aromatic nitrogens is 1. The van der Waals surface area contributed by atoms with Crippen molar-refractivity contribution in [3.63, 3.8) is 0 Å². The van der Waals surface area contributed by atoms with E-state index in [1.54, 1.807) is 11.3 Å². The van der Waals surface area contributed by atoms with Gasteiger partial charge in [0, 0.05) is 17.8 Å². The molecule has 3 rings (SSSR count). The molecule has 0 saturated heterocycles.